The topological polar surface area (TPSA) is 87.8 Å². The van der Waals surface area contributed by atoms with E-state index in [-0.39, 0.29) is 11.0 Å². The monoisotopic (exact) mass is 346 g/mol. The molecular formula is C20H18N4O2. The molecule has 0 aliphatic heterocycles. The lowest BCUT2D eigenvalue weighted by atomic mass is 10.1. The van der Waals surface area contributed by atoms with Crippen molar-refractivity contribution in [2.45, 2.75) is 26.8 Å². The number of amides is 1. The van der Waals surface area contributed by atoms with Crippen LogP contribution in [0, 0.1) is 18.3 Å². The van der Waals surface area contributed by atoms with Crippen LogP contribution in [0.2, 0.25) is 0 Å². The molecule has 0 fully saturated rings. The van der Waals surface area contributed by atoms with Gasteiger partial charge in [-0.2, -0.15) is 5.26 Å². The van der Waals surface area contributed by atoms with Crippen LogP contribution >= 0.6 is 0 Å². The first kappa shape index (κ1) is 17.4. The molecule has 1 amide bonds. The summed E-state index contributed by atoms with van der Waals surface area (Å²) in [5.74, 6) is -0.502. The molecule has 6 heteroatoms. The zero-order valence-corrected chi connectivity index (χ0v) is 14.6. The lowest BCUT2D eigenvalue weighted by Gasteiger charge is -2.12. The summed E-state index contributed by atoms with van der Waals surface area (Å²) in [6, 6.07) is 12.1. The number of nitrogens with one attached hydrogen (secondary N) is 1. The summed E-state index contributed by atoms with van der Waals surface area (Å²) < 4.78 is 1.84. The van der Waals surface area contributed by atoms with Crippen LogP contribution in [0.4, 0.5) is 5.69 Å². The summed E-state index contributed by atoms with van der Waals surface area (Å²) in [4.78, 5) is 29.9. The standard InChI is InChI=1S/C20H18N4O2/c1-3-9-24-12-17(18(25)16-8-7-13(2)22-19(16)24)20(26)23-15-6-4-5-14(10-15)11-21/h4-8,10,12H,3,9H2,1-2H3,(H,23,26). The van der Waals surface area contributed by atoms with E-state index >= 15 is 0 Å². The largest absolute Gasteiger partial charge is 0.331 e. The van der Waals surface area contributed by atoms with Crippen LogP contribution < -0.4 is 10.7 Å². The van der Waals surface area contributed by atoms with E-state index < -0.39 is 5.91 Å². The van der Waals surface area contributed by atoms with E-state index in [2.05, 4.69) is 10.3 Å². The van der Waals surface area contributed by atoms with E-state index in [9.17, 15) is 9.59 Å². The summed E-state index contributed by atoms with van der Waals surface area (Å²) >= 11 is 0. The number of hydrogen-bond acceptors (Lipinski definition) is 4. The SMILES string of the molecule is CCCn1cc(C(=O)Nc2cccc(C#N)c2)c(=O)c2ccc(C)nc21. The quantitative estimate of drug-likeness (QED) is 0.785. The Morgan fingerprint density at radius 1 is 1.31 bits per heavy atom. The molecule has 0 saturated carbocycles. The Morgan fingerprint density at radius 3 is 2.85 bits per heavy atom. The van der Waals surface area contributed by atoms with Crippen molar-refractivity contribution in [2.24, 2.45) is 0 Å². The molecule has 2 aromatic heterocycles. The van der Waals surface area contributed by atoms with Crippen molar-refractivity contribution in [1.29, 1.82) is 5.26 Å². The van der Waals surface area contributed by atoms with Gasteiger partial charge in [0.2, 0.25) is 5.43 Å². The van der Waals surface area contributed by atoms with Gasteiger partial charge in [0.05, 0.1) is 17.0 Å². The number of nitrogens with zero attached hydrogens (tertiary/aromatic N) is 3. The van der Waals surface area contributed by atoms with Crippen LogP contribution in [0.1, 0.15) is 35.0 Å². The van der Waals surface area contributed by atoms with Crippen molar-refractivity contribution in [3.8, 4) is 6.07 Å². The highest BCUT2D eigenvalue weighted by molar-refractivity contribution is 6.05. The number of fused-ring (bicyclic) bond motifs is 1. The predicted octanol–water partition coefficient (Wildman–Crippen LogP) is 3.24. The summed E-state index contributed by atoms with van der Waals surface area (Å²) in [5.41, 5.74) is 2.00. The first-order valence-electron chi connectivity index (χ1n) is 8.35. The number of aromatic nitrogens is 2. The maximum atomic E-state index is 12.8. The van der Waals surface area contributed by atoms with Gasteiger partial charge in [-0.15, -0.1) is 0 Å². The van der Waals surface area contributed by atoms with Gasteiger partial charge in [0, 0.05) is 24.1 Å². The number of carbonyl (C=O) groups excluding carboxylic acids is 1. The van der Waals surface area contributed by atoms with Crippen LogP contribution in [0.25, 0.3) is 11.0 Å². The van der Waals surface area contributed by atoms with E-state index in [1.54, 1.807) is 42.6 Å². The molecule has 0 unspecified atom stereocenters. The molecule has 1 N–H and O–H groups in total. The van der Waals surface area contributed by atoms with Crippen molar-refractivity contribution >= 4 is 22.6 Å². The number of anilines is 1. The number of rotatable bonds is 4. The predicted molar refractivity (Wildman–Crippen MR) is 100 cm³/mol. The third-order valence-electron chi connectivity index (χ3n) is 4.02. The van der Waals surface area contributed by atoms with Crippen molar-refractivity contribution in [1.82, 2.24) is 9.55 Å². The molecule has 2 heterocycles. The number of benzene rings is 1. The number of hydrogen-bond donors (Lipinski definition) is 1. The highest BCUT2D eigenvalue weighted by Gasteiger charge is 2.16. The zero-order chi connectivity index (χ0) is 18.7. The maximum absolute atomic E-state index is 12.8. The third kappa shape index (κ3) is 3.33. The Bertz CT molecular complexity index is 1090. The van der Waals surface area contributed by atoms with Gasteiger partial charge >= 0.3 is 0 Å². The number of aryl methyl sites for hydroxylation is 2. The molecule has 3 aromatic rings. The Hall–Kier alpha value is -3.46. The van der Waals surface area contributed by atoms with E-state index in [1.165, 1.54) is 0 Å². The Balaban J connectivity index is 2.07. The van der Waals surface area contributed by atoms with Crippen molar-refractivity contribution in [3.05, 3.63) is 69.6 Å². The van der Waals surface area contributed by atoms with Crippen molar-refractivity contribution in [3.63, 3.8) is 0 Å². The summed E-state index contributed by atoms with van der Waals surface area (Å²) in [5, 5.41) is 12.1. The lowest BCUT2D eigenvalue weighted by molar-refractivity contribution is 0.102. The fraction of sp³-hybridized carbons (Fsp3) is 0.200. The van der Waals surface area contributed by atoms with E-state index in [1.807, 2.05) is 24.5 Å². The Morgan fingerprint density at radius 2 is 2.12 bits per heavy atom. The van der Waals surface area contributed by atoms with Crippen LogP contribution in [-0.4, -0.2) is 15.5 Å². The van der Waals surface area contributed by atoms with Gasteiger partial charge in [-0.25, -0.2) is 4.98 Å². The van der Waals surface area contributed by atoms with Gasteiger partial charge in [0.1, 0.15) is 11.2 Å². The smallest absolute Gasteiger partial charge is 0.261 e. The van der Waals surface area contributed by atoms with Gasteiger partial charge in [0.25, 0.3) is 5.91 Å². The first-order valence-corrected chi connectivity index (χ1v) is 8.35. The van der Waals surface area contributed by atoms with Gasteiger partial charge < -0.3 is 9.88 Å². The molecule has 0 aliphatic rings. The molecule has 0 atom stereocenters. The average Bonchev–Trinajstić information content (AvgIpc) is 2.64. The van der Waals surface area contributed by atoms with Crippen LogP contribution in [0.5, 0.6) is 0 Å². The minimum atomic E-state index is -0.502. The molecule has 3 rings (SSSR count). The molecule has 1 aromatic carbocycles. The molecule has 0 spiro atoms. The number of pyridine rings is 2. The minimum Gasteiger partial charge on any atom is -0.331 e. The molecule has 26 heavy (non-hydrogen) atoms. The third-order valence-corrected chi connectivity index (χ3v) is 4.02. The summed E-state index contributed by atoms with van der Waals surface area (Å²) in [6.07, 6.45) is 2.41. The highest BCUT2D eigenvalue weighted by atomic mass is 16.2. The Kier molecular flexibility index (Phi) is 4.81. The van der Waals surface area contributed by atoms with E-state index in [0.717, 1.165) is 12.1 Å². The van der Waals surface area contributed by atoms with Crippen LogP contribution in [0.3, 0.4) is 0 Å². The van der Waals surface area contributed by atoms with Crippen LogP contribution in [-0.2, 0) is 6.54 Å². The zero-order valence-electron chi connectivity index (χ0n) is 14.6. The summed E-state index contributed by atoms with van der Waals surface area (Å²) in [7, 11) is 0. The second-order valence-electron chi connectivity index (χ2n) is 6.04. The second kappa shape index (κ2) is 7.19. The fourth-order valence-electron chi connectivity index (χ4n) is 2.80. The van der Waals surface area contributed by atoms with Crippen LogP contribution in [0.15, 0.2) is 47.4 Å². The van der Waals surface area contributed by atoms with E-state index in [4.69, 9.17) is 5.26 Å². The fourth-order valence-corrected chi connectivity index (χ4v) is 2.80. The van der Waals surface area contributed by atoms with E-state index in [0.29, 0.717) is 28.8 Å². The number of carbonyl (C=O) groups is 1. The average molecular weight is 346 g/mol. The molecule has 0 saturated heterocycles. The molecule has 0 aliphatic carbocycles. The summed E-state index contributed by atoms with van der Waals surface area (Å²) in [6.45, 7) is 4.54. The van der Waals surface area contributed by atoms with Gasteiger partial charge in [-0.3, -0.25) is 9.59 Å². The minimum absolute atomic E-state index is 0.0546. The van der Waals surface area contributed by atoms with Gasteiger partial charge in [0.15, 0.2) is 0 Å². The molecule has 0 radical (unpaired) electrons. The van der Waals surface area contributed by atoms with Crippen molar-refractivity contribution in [2.75, 3.05) is 5.32 Å². The van der Waals surface area contributed by atoms with Crippen molar-refractivity contribution < 1.29 is 4.79 Å². The normalized spacial score (nSPS) is 10.5. The molecular weight excluding hydrogens is 328 g/mol. The number of nitriles is 1. The lowest BCUT2D eigenvalue weighted by Crippen LogP contribution is -2.24. The first-order chi connectivity index (χ1) is 12.5. The molecule has 0 bridgehead atoms. The maximum Gasteiger partial charge on any atom is 0.261 e. The van der Waals surface area contributed by atoms with Gasteiger partial charge in [-0.05, 0) is 43.7 Å². The molecule has 130 valence electrons. The second-order valence-corrected chi connectivity index (χ2v) is 6.04. The van der Waals surface area contributed by atoms with Gasteiger partial charge in [-0.1, -0.05) is 13.0 Å². The highest BCUT2D eigenvalue weighted by Crippen LogP contribution is 2.14. The Labute approximate surface area is 150 Å². The molecule has 6 nitrogen and oxygen atoms in total.